The highest BCUT2D eigenvalue weighted by Gasteiger charge is 2.04. The van der Waals surface area contributed by atoms with Gasteiger partial charge in [0.1, 0.15) is 0 Å². The fourth-order valence-electron chi connectivity index (χ4n) is 1.11. The standard InChI is InChI=1S/C10H12N2O3/c1-7(2)11-9-5-3-8(12(14)15)4-6-10(9)13/h3-7H,1-2H3,(H,11,13). The van der Waals surface area contributed by atoms with Gasteiger partial charge in [0.2, 0.25) is 5.43 Å². The lowest BCUT2D eigenvalue weighted by Gasteiger charge is -2.06. The Labute approximate surface area is 86.9 Å². The molecular formula is C10H12N2O3. The Morgan fingerprint density at radius 1 is 1.27 bits per heavy atom. The largest absolute Gasteiger partial charge is 0.380 e. The van der Waals surface area contributed by atoms with E-state index in [4.69, 9.17) is 0 Å². The summed E-state index contributed by atoms with van der Waals surface area (Å²) in [6.45, 7) is 3.78. The van der Waals surface area contributed by atoms with Crippen LogP contribution in [0.4, 0.5) is 11.4 Å². The van der Waals surface area contributed by atoms with E-state index in [0.717, 1.165) is 0 Å². The molecule has 0 unspecified atom stereocenters. The van der Waals surface area contributed by atoms with Gasteiger partial charge in [0.15, 0.2) is 0 Å². The number of nitro groups is 1. The highest BCUT2D eigenvalue weighted by Crippen LogP contribution is 2.09. The first-order valence-corrected chi connectivity index (χ1v) is 4.56. The van der Waals surface area contributed by atoms with Crippen LogP contribution in [0.3, 0.4) is 0 Å². The second-order valence-electron chi connectivity index (χ2n) is 3.43. The van der Waals surface area contributed by atoms with Gasteiger partial charge in [-0.05, 0) is 26.0 Å². The van der Waals surface area contributed by atoms with Crippen molar-refractivity contribution >= 4 is 11.4 Å². The molecule has 15 heavy (non-hydrogen) atoms. The van der Waals surface area contributed by atoms with E-state index in [1.54, 1.807) is 0 Å². The van der Waals surface area contributed by atoms with Gasteiger partial charge < -0.3 is 5.32 Å². The van der Waals surface area contributed by atoms with E-state index in [-0.39, 0.29) is 17.2 Å². The molecule has 0 saturated carbocycles. The van der Waals surface area contributed by atoms with Crippen molar-refractivity contribution in [2.45, 2.75) is 19.9 Å². The Balaban J connectivity index is 3.17. The Morgan fingerprint density at radius 3 is 2.40 bits per heavy atom. The third kappa shape index (κ3) is 3.05. The molecule has 0 aliphatic rings. The van der Waals surface area contributed by atoms with Crippen molar-refractivity contribution in [3.8, 4) is 0 Å². The third-order valence-electron chi connectivity index (χ3n) is 1.75. The van der Waals surface area contributed by atoms with Gasteiger partial charge in [0.05, 0.1) is 10.6 Å². The summed E-state index contributed by atoms with van der Waals surface area (Å²) in [7, 11) is 0. The predicted molar refractivity (Wildman–Crippen MR) is 58.1 cm³/mol. The molecular weight excluding hydrogens is 196 g/mol. The molecule has 0 aliphatic heterocycles. The minimum absolute atomic E-state index is 0.0936. The van der Waals surface area contributed by atoms with Gasteiger partial charge in [-0.15, -0.1) is 0 Å². The second-order valence-corrected chi connectivity index (χ2v) is 3.43. The predicted octanol–water partition coefficient (Wildman–Crippen LogP) is 1.78. The monoisotopic (exact) mass is 208 g/mol. The molecule has 0 spiro atoms. The number of hydrogen-bond acceptors (Lipinski definition) is 4. The van der Waals surface area contributed by atoms with E-state index < -0.39 is 4.92 Å². The molecule has 1 N–H and O–H groups in total. The van der Waals surface area contributed by atoms with Crippen LogP contribution in [-0.4, -0.2) is 11.0 Å². The molecule has 0 aliphatic carbocycles. The van der Waals surface area contributed by atoms with Crippen molar-refractivity contribution in [3.05, 3.63) is 44.6 Å². The van der Waals surface area contributed by atoms with Crippen LogP contribution in [0, 0.1) is 10.1 Å². The number of hydrogen-bond donors (Lipinski definition) is 1. The SMILES string of the molecule is CC(C)Nc1ccc([N+](=O)[O-])ccc1=O. The average Bonchev–Trinajstić information content (AvgIpc) is 2.29. The van der Waals surface area contributed by atoms with E-state index in [1.807, 2.05) is 13.8 Å². The number of rotatable bonds is 3. The molecule has 0 aromatic heterocycles. The third-order valence-corrected chi connectivity index (χ3v) is 1.75. The van der Waals surface area contributed by atoms with Gasteiger partial charge in [-0.25, -0.2) is 0 Å². The molecule has 0 fully saturated rings. The first-order chi connectivity index (χ1) is 7.00. The van der Waals surface area contributed by atoms with Gasteiger partial charge in [0, 0.05) is 18.2 Å². The van der Waals surface area contributed by atoms with Crippen LogP contribution < -0.4 is 10.7 Å². The smallest absolute Gasteiger partial charge is 0.269 e. The summed E-state index contributed by atoms with van der Waals surface area (Å²) in [5.41, 5.74) is 0.0267. The van der Waals surface area contributed by atoms with Crippen LogP contribution in [0.1, 0.15) is 13.8 Å². The quantitative estimate of drug-likeness (QED) is 0.607. The topological polar surface area (TPSA) is 72.2 Å². The van der Waals surface area contributed by atoms with Crippen molar-refractivity contribution in [2.24, 2.45) is 0 Å². The fourth-order valence-corrected chi connectivity index (χ4v) is 1.11. The zero-order valence-corrected chi connectivity index (χ0v) is 8.56. The fraction of sp³-hybridized carbons (Fsp3) is 0.300. The van der Waals surface area contributed by atoms with Crippen LogP contribution in [0.5, 0.6) is 0 Å². The molecule has 1 rings (SSSR count). The van der Waals surface area contributed by atoms with Gasteiger partial charge in [-0.1, -0.05) is 0 Å². The maximum atomic E-state index is 11.4. The summed E-state index contributed by atoms with van der Waals surface area (Å²) in [5.74, 6) is 0. The van der Waals surface area contributed by atoms with Crippen LogP contribution in [0.15, 0.2) is 29.1 Å². The van der Waals surface area contributed by atoms with Crippen LogP contribution >= 0.6 is 0 Å². The average molecular weight is 208 g/mol. The lowest BCUT2D eigenvalue weighted by molar-refractivity contribution is -0.384. The highest BCUT2D eigenvalue weighted by atomic mass is 16.6. The van der Waals surface area contributed by atoms with E-state index >= 15 is 0 Å². The Morgan fingerprint density at radius 2 is 1.87 bits per heavy atom. The Kier molecular flexibility index (Phi) is 3.38. The molecule has 0 atom stereocenters. The number of nitrogens with zero attached hydrogens (tertiary/aromatic N) is 1. The summed E-state index contributed by atoms with van der Waals surface area (Å²) >= 11 is 0. The van der Waals surface area contributed by atoms with Crippen LogP contribution in [0.25, 0.3) is 0 Å². The van der Waals surface area contributed by atoms with Crippen LogP contribution in [0.2, 0.25) is 0 Å². The molecule has 1 aromatic rings. The summed E-state index contributed by atoms with van der Waals surface area (Å²) in [6.07, 6.45) is 0. The Bertz CT molecular complexity index is 429. The van der Waals surface area contributed by atoms with E-state index in [1.165, 1.54) is 24.3 Å². The lowest BCUT2D eigenvalue weighted by Crippen LogP contribution is -2.15. The zero-order valence-electron chi connectivity index (χ0n) is 8.56. The molecule has 1 aromatic carbocycles. The minimum atomic E-state index is -0.529. The summed E-state index contributed by atoms with van der Waals surface area (Å²) in [5, 5.41) is 13.4. The highest BCUT2D eigenvalue weighted by molar-refractivity contribution is 5.46. The second kappa shape index (κ2) is 4.54. The van der Waals surface area contributed by atoms with Crippen molar-refractivity contribution < 1.29 is 4.92 Å². The Hall–Kier alpha value is -1.91. The summed E-state index contributed by atoms with van der Waals surface area (Å²) in [4.78, 5) is 21.4. The minimum Gasteiger partial charge on any atom is -0.380 e. The zero-order chi connectivity index (χ0) is 11.4. The van der Waals surface area contributed by atoms with E-state index in [0.29, 0.717) is 5.69 Å². The van der Waals surface area contributed by atoms with Gasteiger partial charge in [-0.3, -0.25) is 14.9 Å². The summed E-state index contributed by atoms with van der Waals surface area (Å²) in [6, 6.07) is 5.25. The van der Waals surface area contributed by atoms with Crippen molar-refractivity contribution in [2.75, 3.05) is 5.32 Å². The van der Waals surface area contributed by atoms with Crippen molar-refractivity contribution in [1.29, 1.82) is 0 Å². The number of anilines is 1. The van der Waals surface area contributed by atoms with Crippen molar-refractivity contribution in [1.82, 2.24) is 0 Å². The van der Waals surface area contributed by atoms with E-state index in [2.05, 4.69) is 5.32 Å². The normalized spacial score (nSPS) is 10.1. The van der Waals surface area contributed by atoms with Gasteiger partial charge >= 0.3 is 0 Å². The lowest BCUT2D eigenvalue weighted by atomic mass is 10.3. The van der Waals surface area contributed by atoms with Gasteiger partial charge in [-0.2, -0.15) is 0 Å². The molecule has 0 amide bonds. The molecule has 0 heterocycles. The molecule has 0 bridgehead atoms. The van der Waals surface area contributed by atoms with Crippen molar-refractivity contribution in [3.63, 3.8) is 0 Å². The summed E-state index contributed by atoms with van der Waals surface area (Å²) < 4.78 is 0. The maximum absolute atomic E-state index is 11.4. The maximum Gasteiger partial charge on any atom is 0.269 e. The van der Waals surface area contributed by atoms with E-state index in [9.17, 15) is 14.9 Å². The molecule has 0 saturated heterocycles. The first kappa shape index (κ1) is 11.2. The van der Waals surface area contributed by atoms with Crippen LogP contribution in [-0.2, 0) is 0 Å². The molecule has 0 radical (unpaired) electrons. The molecule has 80 valence electrons. The molecule has 5 nitrogen and oxygen atoms in total. The molecule has 5 heteroatoms. The number of nitrogens with one attached hydrogen (secondary N) is 1. The van der Waals surface area contributed by atoms with Gasteiger partial charge in [0.25, 0.3) is 5.69 Å². The first-order valence-electron chi connectivity index (χ1n) is 4.56.